The van der Waals surface area contributed by atoms with E-state index in [0.29, 0.717) is 13.0 Å². The maximum Gasteiger partial charge on any atom is 0.320 e. The number of carbonyl (C=O) groups is 1. The summed E-state index contributed by atoms with van der Waals surface area (Å²) in [5, 5.41) is 17.7. The van der Waals surface area contributed by atoms with Crippen molar-refractivity contribution < 1.29 is 23.4 Å². The van der Waals surface area contributed by atoms with Crippen molar-refractivity contribution in [2.24, 2.45) is 5.92 Å². The Morgan fingerprint density at radius 3 is 2.60 bits per heavy atom. The summed E-state index contributed by atoms with van der Waals surface area (Å²) in [6.45, 7) is 2.12. The van der Waals surface area contributed by atoms with E-state index in [4.69, 9.17) is 5.11 Å². The summed E-state index contributed by atoms with van der Waals surface area (Å²) in [5.74, 6) is -2.32. The molecule has 1 rings (SSSR count). The number of carboxylic acid groups (broad SMARTS) is 1. The fourth-order valence-corrected chi connectivity index (χ4v) is 2.94. The fraction of sp³-hybridized carbons (Fsp3) is 0.875. The van der Waals surface area contributed by atoms with Gasteiger partial charge < -0.3 is 10.2 Å². The number of sulfonamides is 1. The third-order valence-corrected chi connectivity index (χ3v) is 4.30. The molecule has 88 valence electrons. The van der Waals surface area contributed by atoms with Crippen molar-refractivity contribution in [3.8, 4) is 0 Å². The van der Waals surface area contributed by atoms with E-state index in [-0.39, 0.29) is 12.5 Å². The van der Waals surface area contributed by atoms with Crippen LogP contribution >= 0.6 is 0 Å². The van der Waals surface area contributed by atoms with Gasteiger partial charge in [0.05, 0.1) is 6.10 Å². The molecule has 1 aliphatic heterocycles. The van der Waals surface area contributed by atoms with E-state index in [1.54, 1.807) is 6.92 Å². The van der Waals surface area contributed by atoms with Gasteiger partial charge in [0.15, 0.2) is 5.75 Å². The zero-order valence-electron chi connectivity index (χ0n) is 8.46. The predicted molar refractivity (Wildman–Crippen MR) is 52.8 cm³/mol. The van der Waals surface area contributed by atoms with E-state index in [9.17, 15) is 18.3 Å². The molecule has 1 saturated heterocycles. The molecule has 2 atom stereocenters. The highest BCUT2D eigenvalue weighted by atomic mass is 32.2. The molecule has 7 heteroatoms. The summed E-state index contributed by atoms with van der Waals surface area (Å²) in [7, 11) is -3.70. The van der Waals surface area contributed by atoms with Gasteiger partial charge >= 0.3 is 5.97 Å². The molecule has 15 heavy (non-hydrogen) atoms. The van der Waals surface area contributed by atoms with Gasteiger partial charge in [-0.1, -0.05) is 0 Å². The predicted octanol–water partition coefficient (Wildman–Crippen LogP) is -0.896. The van der Waals surface area contributed by atoms with Crippen LogP contribution in [0.15, 0.2) is 0 Å². The Kier molecular flexibility index (Phi) is 3.69. The van der Waals surface area contributed by atoms with Crippen LogP contribution in [0.4, 0.5) is 0 Å². The Morgan fingerprint density at radius 2 is 2.20 bits per heavy atom. The van der Waals surface area contributed by atoms with Crippen molar-refractivity contribution in [2.75, 3.05) is 18.8 Å². The number of aliphatic hydroxyl groups is 1. The second kappa shape index (κ2) is 4.46. The number of rotatable bonds is 4. The summed E-state index contributed by atoms with van der Waals surface area (Å²) in [4.78, 5) is 10.3. The van der Waals surface area contributed by atoms with Gasteiger partial charge in [0.2, 0.25) is 10.0 Å². The van der Waals surface area contributed by atoms with Gasteiger partial charge in [0, 0.05) is 13.1 Å². The number of aliphatic hydroxyl groups excluding tert-OH is 1. The first-order chi connectivity index (χ1) is 6.83. The quantitative estimate of drug-likeness (QED) is 0.661. The van der Waals surface area contributed by atoms with Gasteiger partial charge in [-0.15, -0.1) is 0 Å². The molecule has 1 heterocycles. The minimum absolute atomic E-state index is 0.0893. The molecule has 0 saturated carbocycles. The molecular weight excluding hydrogens is 222 g/mol. The highest BCUT2D eigenvalue weighted by molar-refractivity contribution is 7.89. The average Bonchev–Trinajstić information content (AvgIpc) is 2.48. The summed E-state index contributed by atoms with van der Waals surface area (Å²) in [6, 6.07) is 0. The SMILES string of the molecule is CC(O)C1CCN(S(=O)(=O)CC(=O)O)C1. The largest absolute Gasteiger partial charge is 0.480 e. The monoisotopic (exact) mass is 237 g/mol. The Labute approximate surface area is 88.6 Å². The Hall–Kier alpha value is -0.660. The average molecular weight is 237 g/mol. The van der Waals surface area contributed by atoms with Crippen molar-refractivity contribution in [1.29, 1.82) is 0 Å². The van der Waals surface area contributed by atoms with Gasteiger partial charge in [-0.05, 0) is 19.3 Å². The maximum absolute atomic E-state index is 11.5. The van der Waals surface area contributed by atoms with Crippen LogP contribution in [0.5, 0.6) is 0 Å². The van der Waals surface area contributed by atoms with Crippen LogP contribution in [0.25, 0.3) is 0 Å². The van der Waals surface area contributed by atoms with Crippen LogP contribution in [0, 0.1) is 5.92 Å². The van der Waals surface area contributed by atoms with Crippen LogP contribution < -0.4 is 0 Å². The lowest BCUT2D eigenvalue weighted by Crippen LogP contribution is -2.34. The van der Waals surface area contributed by atoms with Crippen molar-refractivity contribution in [3.05, 3.63) is 0 Å². The minimum atomic E-state index is -3.70. The van der Waals surface area contributed by atoms with E-state index < -0.39 is 27.8 Å². The van der Waals surface area contributed by atoms with Crippen LogP contribution in [0.3, 0.4) is 0 Å². The normalized spacial score (nSPS) is 25.3. The third-order valence-electron chi connectivity index (χ3n) is 2.57. The van der Waals surface area contributed by atoms with E-state index >= 15 is 0 Å². The Balaban J connectivity index is 2.64. The van der Waals surface area contributed by atoms with E-state index in [2.05, 4.69) is 0 Å². The number of aliphatic carboxylic acids is 1. The Morgan fingerprint density at radius 1 is 1.60 bits per heavy atom. The minimum Gasteiger partial charge on any atom is -0.480 e. The number of carboxylic acids is 1. The molecule has 0 amide bonds. The van der Waals surface area contributed by atoms with Crippen molar-refractivity contribution in [2.45, 2.75) is 19.4 Å². The standard InChI is InChI=1S/C8H15NO5S/c1-6(10)7-2-3-9(4-7)15(13,14)5-8(11)12/h6-7,10H,2-5H2,1H3,(H,11,12). The molecule has 0 aromatic heterocycles. The smallest absolute Gasteiger partial charge is 0.320 e. The third kappa shape index (κ3) is 3.15. The van der Waals surface area contributed by atoms with Crippen LogP contribution in [-0.4, -0.2) is 53.9 Å². The second-order valence-electron chi connectivity index (χ2n) is 3.80. The summed E-state index contributed by atoms with van der Waals surface area (Å²) in [5.41, 5.74) is 0. The van der Waals surface area contributed by atoms with Gasteiger partial charge in [-0.25, -0.2) is 12.7 Å². The lowest BCUT2D eigenvalue weighted by molar-refractivity contribution is -0.134. The van der Waals surface area contributed by atoms with Crippen molar-refractivity contribution >= 4 is 16.0 Å². The first-order valence-corrected chi connectivity index (χ1v) is 6.31. The molecule has 2 N–H and O–H groups in total. The molecule has 1 fully saturated rings. The molecule has 6 nitrogen and oxygen atoms in total. The molecule has 0 aromatic carbocycles. The van der Waals surface area contributed by atoms with Crippen LogP contribution in [0.2, 0.25) is 0 Å². The highest BCUT2D eigenvalue weighted by Gasteiger charge is 2.34. The maximum atomic E-state index is 11.5. The zero-order valence-corrected chi connectivity index (χ0v) is 9.27. The lowest BCUT2D eigenvalue weighted by Gasteiger charge is -2.16. The topological polar surface area (TPSA) is 94.9 Å². The lowest BCUT2D eigenvalue weighted by atomic mass is 10.0. The van der Waals surface area contributed by atoms with Gasteiger partial charge in [-0.3, -0.25) is 4.79 Å². The second-order valence-corrected chi connectivity index (χ2v) is 5.77. The molecule has 0 spiro atoms. The molecule has 0 bridgehead atoms. The first-order valence-electron chi connectivity index (χ1n) is 4.70. The zero-order chi connectivity index (χ0) is 11.6. The molecule has 2 unspecified atom stereocenters. The van der Waals surface area contributed by atoms with Gasteiger partial charge in [0.1, 0.15) is 0 Å². The Bertz CT molecular complexity index is 337. The van der Waals surface area contributed by atoms with Gasteiger partial charge in [0.25, 0.3) is 0 Å². The van der Waals surface area contributed by atoms with Crippen LogP contribution in [-0.2, 0) is 14.8 Å². The first kappa shape index (κ1) is 12.4. The summed E-state index contributed by atoms with van der Waals surface area (Å²) >= 11 is 0. The van der Waals surface area contributed by atoms with Crippen molar-refractivity contribution in [1.82, 2.24) is 4.31 Å². The fourth-order valence-electron chi connectivity index (χ4n) is 1.65. The van der Waals surface area contributed by atoms with E-state index in [1.807, 2.05) is 0 Å². The molecular formula is C8H15NO5S. The van der Waals surface area contributed by atoms with Crippen LogP contribution in [0.1, 0.15) is 13.3 Å². The highest BCUT2D eigenvalue weighted by Crippen LogP contribution is 2.22. The molecule has 0 radical (unpaired) electrons. The molecule has 1 aliphatic rings. The number of nitrogens with zero attached hydrogens (tertiary/aromatic N) is 1. The summed E-state index contributed by atoms with van der Waals surface area (Å²) in [6.07, 6.45) is 0.0197. The molecule has 0 aliphatic carbocycles. The summed E-state index contributed by atoms with van der Waals surface area (Å²) < 4.78 is 24.1. The van der Waals surface area contributed by atoms with Gasteiger partial charge in [-0.2, -0.15) is 0 Å². The number of hydrogen-bond acceptors (Lipinski definition) is 4. The molecule has 0 aromatic rings. The van der Waals surface area contributed by atoms with E-state index in [1.165, 1.54) is 0 Å². The van der Waals surface area contributed by atoms with Crippen molar-refractivity contribution in [3.63, 3.8) is 0 Å². The number of hydrogen-bond donors (Lipinski definition) is 2. The van der Waals surface area contributed by atoms with E-state index in [0.717, 1.165) is 4.31 Å².